The second-order valence-corrected chi connectivity index (χ2v) is 13.8. The highest BCUT2D eigenvalue weighted by molar-refractivity contribution is 8.24. The molecule has 0 aromatic heterocycles. The average molecular weight is 649 g/mol. The number of hydrogen-bond donors (Lipinski definition) is 0. The van der Waals surface area contributed by atoms with E-state index in [4.69, 9.17) is 65.1 Å². The van der Waals surface area contributed by atoms with Gasteiger partial charge >= 0.3 is 17.9 Å². The number of esters is 3. The molecule has 9 nitrogen and oxygen atoms in total. The molecule has 0 N–H and O–H groups in total. The van der Waals surface area contributed by atoms with Crippen molar-refractivity contribution in [1.82, 2.24) is 0 Å². The summed E-state index contributed by atoms with van der Waals surface area (Å²) in [5.41, 5.74) is -0.798. The molecular weight excluding hydrogens is 613 g/mol. The predicted octanol–water partition coefficient (Wildman–Crippen LogP) is 4.95. The fourth-order valence-corrected chi connectivity index (χ4v) is 5.50. The summed E-state index contributed by atoms with van der Waals surface area (Å²) in [7, 11) is 0. The van der Waals surface area contributed by atoms with Gasteiger partial charge in [0.1, 0.15) is 35.6 Å². The van der Waals surface area contributed by atoms with Gasteiger partial charge in [0.25, 0.3) is 0 Å². The van der Waals surface area contributed by atoms with Crippen molar-refractivity contribution in [3.05, 3.63) is 0 Å². The van der Waals surface area contributed by atoms with Crippen LogP contribution in [0, 0.1) is 5.41 Å². The van der Waals surface area contributed by atoms with E-state index in [2.05, 4.69) is 0 Å². The molecule has 218 valence electrons. The minimum Gasteiger partial charge on any atom is -0.478 e. The Labute approximate surface area is 253 Å². The summed E-state index contributed by atoms with van der Waals surface area (Å²) in [5, 5.41) is -1.62. The highest BCUT2D eigenvalue weighted by Gasteiger charge is 2.31. The number of thiocarbonyl (C=S) groups is 3. The molecule has 0 amide bonds. The lowest BCUT2D eigenvalue weighted by Gasteiger charge is -2.29. The smallest absolute Gasteiger partial charge is 0.319 e. The Kier molecular flexibility index (Phi) is 19.6. The summed E-state index contributed by atoms with van der Waals surface area (Å²) >= 11 is 19.0. The van der Waals surface area contributed by atoms with Crippen LogP contribution in [0.4, 0.5) is 0 Å². The molecule has 38 heavy (non-hydrogen) atoms. The maximum atomic E-state index is 11.9. The molecular formula is C23H36O9S6. The molecule has 0 saturated carbocycles. The molecule has 0 aromatic carbocycles. The fourth-order valence-electron chi connectivity index (χ4n) is 2.28. The number of carbonyl (C=O) groups excluding carboxylic acids is 3. The molecule has 0 radical (unpaired) electrons. The quantitative estimate of drug-likeness (QED) is 0.136. The summed E-state index contributed by atoms with van der Waals surface area (Å²) in [5.74, 6) is -1.18. The highest BCUT2D eigenvalue weighted by Crippen LogP contribution is 2.26. The van der Waals surface area contributed by atoms with Crippen molar-refractivity contribution in [3.8, 4) is 0 Å². The van der Waals surface area contributed by atoms with Gasteiger partial charge in [-0.15, -0.1) is 0 Å². The lowest BCUT2D eigenvalue weighted by atomic mass is 9.94. The summed E-state index contributed by atoms with van der Waals surface area (Å²) in [6, 6.07) is 0. The van der Waals surface area contributed by atoms with Crippen LogP contribution >= 0.6 is 71.9 Å². The van der Waals surface area contributed by atoms with Crippen LogP contribution in [0.2, 0.25) is 0 Å². The Balaban J connectivity index is 5.19. The van der Waals surface area contributed by atoms with Crippen LogP contribution in [0.5, 0.6) is 0 Å². The number of thioether (sulfide) groups is 3. The Hall–Kier alpha value is -0.870. The SMILES string of the molecule is CCOC(=O)C(C)SC(=S)OCC(C)(COC(=S)SC(C)C(=O)OCC)COC(=S)SC(C)C(=O)OCC. The van der Waals surface area contributed by atoms with Crippen molar-refractivity contribution < 1.29 is 42.8 Å². The Morgan fingerprint density at radius 2 is 0.816 bits per heavy atom. The zero-order valence-corrected chi connectivity index (χ0v) is 27.5. The second kappa shape index (κ2) is 20.1. The number of rotatable bonds is 15. The third-order valence-corrected chi connectivity index (χ3v) is 8.08. The molecule has 0 aliphatic rings. The van der Waals surface area contributed by atoms with E-state index >= 15 is 0 Å². The minimum absolute atomic E-state index is 0.0514. The van der Waals surface area contributed by atoms with Gasteiger partial charge in [0.05, 0.1) is 25.2 Å². The molecule has 0 aliphatic carbocycles. The summed E-state index contributed by atoms with van der Waals surface area (Å²) < 4.78 is 32.7. The number of hydrogen-bond acceptors (Lipinski definition) is 15. The molecule has 0 fully saturated rings. The zero-order chi connectivity index (χ0) is 29.3. The molecule has 3 unspecified atom stereocenters. The maximum Gasteiger partial charge on any atom is 0.319 e. The summed E-state index contributed by atoms with van der Waals surface area (Å²) in [6.07, 6.45) is 0. The van der Waals surface area contributed by atoms with Gasteiger partial charge in [0, 0.05) is 0 Å². The normalized spacial score (nSPS) is 14.6. The van der Waals surface area contributed by atoms with E-state index in [9.17, 15) is 14.4 Å². The van der Waals surface area contributed by atoms with Gasteiger partial charge in [-0.2, -0.15) is 0 Å². The molecule has 3 atom stereocenters. The first kappa shape index (κ1) is 37.1. The van der Waals surface area contributed by atoms with Crippen LogP contribution in [0.25, 0.3) is 0 Å². The van der Waals surface area contributed by atoms with Gasteiger partial charge < -0.3 is 28.4 Å². The van der Waals surface area contributed by atoms with E-state index in [1.807, 2.05) is 6.92 Å². The standard InChI is InChI=1S/C23H36O9S6/c1-8-27-17(24)14(4)36-20(33)30-11-23(7,12-31-21(34)37-15(5)18(25)28-9-2)13-32-22(35)38-16(6)19(26)29-10-3/h14-16H,8-13H2,1-7H3. The van der Waals surface area contributed by atoms with Gasteiger partial charge in [-0.25, -0.2) is 0 Å². The average Bonchev–Trinajstić information content (AvgIpc) is 2.85. The van der Waals surface area contributed by atoms with E-state index < -0.39 is 39.1 Å². The third kappa shape index (κ3) is 16.3. The maximum absolute atomic E-state index is 11.9. The Morgan fingerprint density at radius 1 is 0.579 bits per heavy atom. The Bertz CT molecular complexity index is 721. The van der Waals surface area contributed by atoms with Crippen molar-refractivity contribution >= 4 is 103 Å². The van der Waals surface area contributed by atoms with Crippen molar-refractivity contribution in [2.75, 3.05) is 39.6 Å². The molecule has 0 saturated heterocycles. The van der Waals surface area contributed by atoms with E-state index in [1.54, 1.807) is 41.5 Å². The van der Waals surface area contributed by atoms with Crippen LogP contribution in [-0.2, 0) is 42.8 Å². The lowest BCUT2D eigenvalue weighted by molar-refractivity contribution is -0.143. The van der Waals surface area contributed by atoms with Gasteiger partial charge in [-0.1, -0.05) is 35.3 Å². The molecule has 0 bridgehead atoms. The molecule has 0 heterocycles. The highest BCUT2D eigenvalue weighted by atomic mass is 32.2. The van der Waals surface area contributed by atoms with Gasteiger partial charge in [0.2, 0.25) is 13.1 Å². The van der Waals surface area contributed by atoms with Crippen molar-refractivity contribution in [2.45, 2.75) is 64.2 Å². The van der Waals surface area contributed by atoms with Gasteiger partial charge in [-0.05, 0) is 85.1 Å². The fraction of sp³-hybridized carbons (Fsp3) is 0.739. The van der Waals surface area contributed by atoms with Crippen LogP contribution in [0.15, 0.2) is 0 Å². The first-order chi connectivity index (χ1) is 17.8. The molecule has 0 aromatic rings. The first-order valence-electron chi connectivity index (χ1n) is 11.8. The van der Waals surface area contributed by atoms with E-state index in [1.165, 1.54) is 0 Å². The van der Waals surface area contributed by atoms with Crippen LogP contribution in [0.3, 0.4) is 0 Å². The largest absolute Gasteiger partial charge is 0.478 e. The zero-order valence-electron chi connectivity index (χ0n) is 22.6. The number of ether oxygens (including phenoxy) is 6. The van der Waals surface area contributed by atoms with Gasteiger partial charge in [0.15, 0.2) is 0 Å². The second-order valence-electron chi connectivity index (χ2n) is 7.96. The van der Waals surface area contributed by atoms with E-state index in [0.717, 1.165) is 35.3 Å². The van der Waals surface area contributed by atoms with Crippen molar-refractivity contribution in [3.63, 3.8) is 0 Å². The van der Waals surface area contributed by atoms with Crippen LogP contribution in [0.1, 0.15) is 48.5 Å². The molecule has 15 heteroatoms. The van der Waals surface area contributed by atoms with E-state index in [0.29, 0.717) is 0 Å². The summed E-state index contributed by atoms with van der Waals surface area (Å²) in [4.78, 5) is 35.7. The predicted molar refractivity (Wildman–Crippen MR) is 165 cm³/mol. The first-order valence-corrected chi connectivity index (χ1v) is 15.6. The van der Waals surface area contributed by atoms with Crippen molar-refractivity contribution in [1.29, 1.82) is 0 Å². The van der Waals surface area contributed by atoms with Gasteiger partial charge in [-0.3, -0.25) is 14.4 Å². The van der Waals surface area contributed by atoms with Crippen LogP contribution < -0.4 is 0 Å². The Morgan fingerprint density at radius 3 is 1.03 bits per heavy atom. The third-order valence-electron chi connectivity index (χ3n) is 4.29. The van der Waals surface area contributed by atoms with Crippen molar-refractivity contribution in [2.24, 2.45) is 5.41 Å². The minimum atomic E-state index is -0.798. The molecule has 0 rings (SSSR count). The molecule has 0 aliphatic heterocycles. The monoisotopic (exact) mass is 648 g/mol. The van der Waals surface area contributed by atoms with Crippen LogP contribution in [-0.4, -0.2) is 86.4 Å². The topological polar surface area (TPSA) is 107 Å². The van der Waals surface area contributed by atoms with E-state index in [-0.39, 0.29) is 52.8 Å². The lowest BCUT2D eigenvalue weighted by Crippen LogP contribution is -2.36. The molecule has 0 spiro atoms. The number of carbonyl (C=O) groups is 3. The summed E-state index contributed by atoms with van der Waals surface area (Å²) in [6.45, 7) is 13.0.